The van der Waals surface area contributed by atoms with Gasteiger partial charge >= 0.3 is 0 Å². The number of anilines is 1. The summed E-state index contributed by atoms with van der Waals surface area (Å²) in [4.78, 5) is 10.4. The first kappa shape index (κ1) is 12.2. The van der Waals surface area contributed by atoms with Crippen molar-refractivity contribution in [3.63, 3.8) is 0 Å². The number of rotatable bonds is 5. The van der Waals surface area contributed by atoms with E-state index in [2.05, 4.69) is 5.32 Å². The minimum absolute atomic E-state index is 0.0809. The molecule has 1 aromatic carbocycles. The monoisotopic (exact) mass is 221 g/mol. The van der Waals surface area contributed by atoms with Crippen LogP contribution < -0.4 is 11.1 Å². The molecule has 3 N–H and O–H groups in total. The van der Waals surface area contributed by atoms with Crippen LogP contribution in [0.5, 0.6) is 0 Å². The van der Waals surface area contributed by atoms with Crippen LogP contribution in [0.2, 0.25) is 0 Å². The van der Waals surface area contributed by atoms with E-state index < -0.39 is 4.92 Å². The Morgan fingerprint density at radius 2 is 2.31 bits per heavy atom. The first-order valence-electron chi connectivity index (χ1n) is 5.02. The highest BCUT2D eigenvalue weighted by atomic mass is 16.6. The van der Waals surface area contributed by atoms with E-state index in [1.165, 1.54) is 0 Å². The predicted octanol–water partition coefficient (Wildman–Crippen LogP) is 2.00. The van der Waals surface area contributed by atoms with E-state index in [1.807, 2.05) is 18.2 Å². The average Bonchev–Trinajstić information content (AvgIpc) is 2.29. The quantitative estimate of drug-likeness (QED) is 0.588. The van der Waals surface area contributed by atoms with E-state index in [4.69, 9.17) is 5.73 Å². The van der Waals surface area contributed by atoms with Gasteiger partial charge in [-0.3, -0.25) is 10.1 Å². The molecule has 0 amide bonds. The minimum Gasteiger partial charge on any atom is -0.383 e. The number of nitro groups is 1. The number of nitro benzene ring substituents is 1. The van der Waals surface area contributed by atoms with Gasteiger partial charge < -0.3 is 11.1 Å². The fourth-order valence-electron chi connectivity index (χ4n) is 1.33. The van der Waals surface area contributed by atoms with Gasteiger partial charge in [-0.25, -0.2) is 0 Å². The Bertz CT molecular complexity index is 402. The molecule has 0 bridgehead atoms. The molecule has 1 aromatic rings. The average molecular weight is 221 g/mol. The predicted molar refractivity (Wildman–Crippen MR) is 65.3 cm³/mol. The Kier molecular flexibility index (Phi) is 4.47. The van der Waals surface area contributed by atoms with Gasteiger partial charge in [0.15, 0.2) is 0 Å². The molecule has 0 aliphatic carbocycles. The summed E-state index contributed by atoms with van der Waals surface area (Å²) < 4.78 is 0. The maximum absolute atomic E-state index is 10.8. The molecule has 0 unspecified atom stereocenters. The fraction of sp³-hybridized carbons (Fsp3) is 0.273. The largest absolute Gasteiger partial charge is 0.383 e. The Hall–Kier alpha value is -1.88. The highest BCUT2D eigenvalue weighted by Gasteiger charge is 2.11. The number of hydrogen-bond acceptors (Lipinski definition) is 4. The third-order valence-electron chi connectivity index (χ3n) is 2.13. The van der Waals surface area contributed by atoms with E-state index in [0.29, 0.717) is 12.2 Å². The SMILES string of the molecule is CNc1ccc(C=CCCN)cc1[N+](=O)[O-]. The molecule has 0 aliphatic heterocycles. The van der Waals surface area contributed by atoms with Crippen LogP contribution in [0.1, 0.15) is 12.0 Å². The zero-order chi connectivity index (χ0) is 12.0. The number of nitrogens with two attached hydrogens (primary N) is 1. The number of nitrogens with one attached hydrogen (secondary N) is 1. The van der Waals surface area contributed by atoms with E-state index in [0.717, 1.165) is 12.0 Å². The van der Waals surface area contributed by atoms with Gasteiger partial charge in [-0.2, -0.15) is 0 Å². The number of hydrogen-bond donors (Lipinski definition) is 2. The first-order valence-corrected chi connectivity index (χ1v) is 5.02. The standard InChI is InChI=1S/C11H15N3O2/c1-13-10-6-5-9(4-2-3-7-12)8-11(10)14(15)16/h2,4-6,8,13H,3,7,12H2,1H3. The summed E-state index contributed by atoms with van der Waals surface area (Å²) in [6, 6.07) is 5.06. The number of nitrogens with zero attached hydrogens (tertiary/aromatic N) is 1. The maximum Gasteiger partial charge on any atom is 0.292 e. The normalized spacial score (nSPS) is 10.6. The van der Waals surface area contributed by atoms with Gasteiger partial charge in [0.1, 0.15) is 5.69 Å². The van der Waals surface area contributed by atoms with Crippen molar-refractivity contribution in [2.75, 3.05) is 18.9 Å². The smallest absolute Gasteiger partial charge is 0.292 e. The van der Waals surface area contributed by atoms with Crippen molar-refractivity contribution in [2.45, 2.75) is 6.42 Å². The van der Waals surface area contributed by atoms with Crippen LogP contribution in [0.15, 0.2) is 24.3 Å². The topological polar surface area (TPSA) is 81.2 Å². The molecule has 0 radical (unpaired) electrons. The Labute approximate surface area is 94.1 Å². The third-order valence-corrected chi connectivity index (χ3v) is 2.13. The van der Waals surface area contributed by atoms with Crippen LogP contribution in [-0.2, 0) is 0 Å². The fourth-order valence-corrected chi connectivity index (χ4v) is 1.33. The molecule has 5 nitrogen and oxygen atoms in total. The zero-order valence-electron chi connectivity index (χ0n) is 9.14. The third kappa shape index (κ3) is 3.06. The summed E-state index contributed by atoms with van der Waals surface area (Å²) in [7, 11) is 1.66. The van der Waals surface area contributed by atoms with Crippen LogP contribution in [-0.4, -0.2) is 18.5 Å². The van der Waals surface area contributed by atoms with Crippen molar-refractivity contribution in [3.05, 3.63) is 40.0 Å². The summed E-state index contributed by atoms with van der Waals surface area (Å²) >= 11 is 0. The molecule has 5 heteroatoms. The molecule has 86 valence electrons. The van der Waals surface area contributed by atoms with E-state index in [-0.39, 0.29) is 5.69 Å². The summed E-state index contributed by atoms with van der Waals surface area (Å²) in [5.41, 5.74) is 6.75. The minimum atomic E-state index is -0.397. The summed E-state index contributed by atoms with van der Waals surface area (Å²) in [6.45, 7) is 0.577. The second kappa shape index (κ2) is 5.87. The lowest BCUT2D eigenvalue weighted by molar-refractivity contribution is -0.383. The first-order chi connectivity index (χ1) is 7.69. The van der Waals surface area contributed by atoms with E-state index in [9.17, 15) is 10.1 Å². The van der Waals surface area contributed by atoms with Gasteiger partial charge in [0.25, 0.3) is 5.69 Å². The van der Waals surface area contributed by atoms with Crippen molar-refractivity contribution in [2.24, 2.45) is 5.73 Å². The van der Waals surface area contributed by atoms with Crippen molar-refractivity contribution < 1.29 is 4.92 Å². The van der Waals surface area contributed by atoms with Crippen LogP contribution >= 0.6 is 0 Å². The maximum atomic E-state index is 10.8. The van der Waals surface area contributed by atoms with E-state index in [1.54, 1.807) is 19.2 Å². The lowest BCUT2D eigenvalue weighted by Crippen LogP contribution is -1.97. The van der Waals surface area contributed by atoms with Gasteiger partial charge in [0.05, 0.1) is 4.92 Å². The van der Waals surface area contributed by atoms with Gasteiger partial charge in [-0.05, 0) is 24.6 Å². The van der Waals surface area contributed by atoms with E-state index >= 15 is 0 Å². The van der Waals surface area contributed by atoms with Crippen molar-refractivity contribution in [3.8, 4) is 0 Å². The molecular weight excluding hydrogens is 206 g/mol. The molecule has 0 aromatic heterocycles. The molecule has 0 aliphatic rings. The summed E-state index contributed by atoms with van der Waals surface area (Å²) in [6.07, 6.45) is 4.50. The van der Waals surface area contributed by atoms with Gasteiger partial charge in [-0.15, -0.1) is 0 Å². The van der Waals surface area contributed by atoms with Gasteiger partial charge in [0, 0.05) is 13.1 Å². The van der Waals surface area contributed by atoms with Crippen molar-refractivity contribution in [1.29, 1.82) is 0 Å². The van der Waals surface area contributed by atoms with Gasteiger partial charge in [0.2, 0.25) is 0 Å². The highest BCUT2D eigenvalue weighted by Crippen LogP contribution is 2.25. The Balaban J connectivity index is 2.98. The molecule has 0 atom stereocenters. The lowest BCUT2D eigenvalue weighted by Gasteiger charge is -2.02. The van der Waals surface area contributed by atoms with Crippen LogP contribution in [0.3, 0.4) is 0 Å². The summed E-state index contributed by atoms with van der Waals surface area (Å²) in [5, 5.41) is 13.6. The Morgan fingerprint density at radius 1 is 1.56 bits per heavy atom. The Morgan fingerprint density at radius 3 is 2.88 bits per heavy atom. The highest BCUT2D eigenvalue weighted by molar-refractivity contribution is 5.66. The second-order valence-electron chi connectivity index (χ2n) is 3.26. The van der Waals surface area contributed by atoms with Crippen LogP contribution in [0, 0.1) is 10.1 Å². The summed E-state index contributed by atoms with van der Waals surface area (Å²) in [5.74, 6) is 0. The zero-order valence-corrected chi connectivity index (χ0v) is 9.14. The van der Waals surface area contributed by atoms with Gasteiger partial charge in [-0.1, -0.05) is 18.2 Å². The molecule has 0 saturated heterocycles. The molecule has 0 saturated carbocycles. The van der Waals surface area contributed by atoms with Crippen molar-refractivity contribution in [1.82, 2.24) is 0 Å². The molecule has 16 heavy (non-hydrogen) atoms. The molecular formula is C11H15N3O2. The van der Waals surface area contributed by atoms with Crippen LogP contribution in [0.25, 0.3) is 6.08 Å². The lowest BCUT2D eigenvalue weighted by atomic mass is 10.1. The van der Waals surface area contributed by atoms with Crippen LogP contribution in [0.4, 0.5) is 11.4 Å². The second-order valence-corrected chi connectivity index (χ2v) is 3.26. The molecule has 0 fully saturated rings. The molecule has 0 spiro atoms. The molecule has 0 heterocycles. The molecule has 1 rings (SSSR count). The van der Waals surface area contributed by atoms with Crippen molar-refractivity contribution >= 4 is 17.5 Å². The number of benzene rings is 1.